The van der Waals surface area contributed by atoms with E-state index in [4.69, 9.17) is 11.5 Å². The van der Waals surface area contributed by atoms with Crippen molar-refractivity contribution in [3.05, 3.63) is 65.7 Å². The van der Waals surface area contributed by atoms with E-state index in [9.17, 15) is 4.79 Å². The van der Waals surface area contributed by atoms with E-state index in [1.807, 2.05) is 18.2 Å². The Bertz CT molecular complexity index is 603. The van der Waals surface area contributed by atoms with E-state index >= 15 is 0 Å². The first-order valence-corrected chi connectivity index (χ1v) is 5.58. The Hall–Kier alpha value is -2.55. The van der Waals surface area contributed by atoms with Crippen LogP contribution < -0.4 is 11.5 Å². The Balaban J connectivity index is 2.17. The fraction of sp³-hybridized carbons (Fsp3) is 0. The summed E-state index contributed by atoms with van der Waals surface area (Å²) in [5, 5.41) is 0. The van der Waals surface area contributed by atoms with Crippen LogP contribution in [0.4, 0.5) is 11.4 Å². The lowest BCUT2D eigenvalue weighted by Gasteiger charge is -1.98. The summed E-state index contributed by atoms with van der Waals surface area (Å²) in [5.41, 5.74) is 14.0. The van der Waals surface area contributed by atoms with E-state index in [1.165, 1.54) is 6.08 Å². The summed E-state index contributed by atoms with van der Waals surface area (Å²) < 4.78 is 0. The van der Waals surface area contributed by atoms with E-state index in [1.54, 1.807) is 36.4 Å². The Kier molecular flexibility index (Phi) is 3.44. The third-order valence-corrected chi connectivity index (χ3v) is 2.51. The molecule has 2 aromatic rings. The van der Waals surface area contributed by atoms with Crippen LogP contribution in [0.2, 0.25) is 0 Å². The predicted octanol–water partition coefficient (Wildman–Crippen LogP) is 2.75. The zero-order valence-electron chi connectivity index (χ0n) is 9.84. The molecule has 2 rings (SSSR count). The van der Waals surface area contributed by atoms with Crippen molar-refractivity contribution in [2.45, 2.75) is 0 Å². The average molecular weight is 238 g/mol. The molecule has 18 heavy (non-hydrogen) atoms. The second-order valence-corrected chi connectivity index (χ2v) is 3.99. The van der Waals surface area contributed by atoms with Gasteiger partial charge in [0.05, 0.1) is 0 Å². The van der Waals surface area contributed by atoms with Crippen LogP contribution in [0, 0.1) is 0 Å². The molecule has 0 aromatic heterocycles. The number of nitrogen functional groups attached to an aromatic ring is 2. The van der Waals surface area contributed by atoms with E-state index in [0.29, 0.717) is 16.9 Å². The number of rotatable bonds is 3. The van der Waals surface area contributed by atoms with Gasteiger partial charge >= 0.3 is 0 Å². The molecule has 0 fully saturated rings. The molecule has 4 N–H and O–H groups in total. The second-order valence-electron chi connectivity index (χ2n) is 3.99. The molecule has 0 saturated carbocycles. The standard InChI is InChI=1S/C15H14N2O/c16-13-5-1-3-11(9-13)7-8-15(18)12-4-2-6-14(17)10-12/h1-10H,16-17H2. The van der Waals surface area contributed by atoms with E-state index in [2.05, 4.69) is 0 Å². The maximum absolute atomic E-state index is 11.9. The van der Waals surface area contributed by atoms with Crippen LogP contribution in [0.3, 0.4) is 0 Å². The molecule has 0 amide bonds. The van der Waals surface area contributed by atoms with Gasteiger partial charge in [-0.05, 0) is 35.9 Å². The number of allylic oxidation sites excluding steroid dienone is 1. The van der Waals surface area contributed by atoms with Gasteiger partial charge in [-0.3, -0.25) is 4.79 Å². The first-order chi connectivity index (χ1) is 8.65. The lowest BCUT2D eigenvalue weighted by atomic mass is 10.1. The number of benzene rings is 2. The molecule has 0 aliphatic heterocycles. The fourth-order valence-electron chi connectivity index (χ4n) is 1.62. The van der Waals surface area contributed by atoms with Crippen molar-refractivity contribution >= 4 is 23.2 Å². The van der Waals surface area contributed by atoms with Crippen LogP contribution in [0.1, 0.15) is 15.9 Å². The number of carbonyl (C=O) groups excluding carboxylic acids is 1. The molecule has 0 aliphatic rings. The van der Waals surface area contributed by atoms with E-state index in [-0.39, 0.29) is 5.78 Å². The number of carbonyl (C=O) groups is 1. The quantitative estimate of drug-likeness (QED) is 0.490. The Morgan fingerprint density at radius 1 is 0.944 bits per heavy atom. The minimum atomic E-state index is -0.0790. The monoisotopic (exact) mass is 238 g/mol. The van der Waals surface area contributed by atoms with Gasteiger partial charge in [-0.1, -0.05) is 30.3 Å². The third kappa shape index (κ3) is 2.98. The molecule has 90 valence electrons. The van der Waals surface area contributed by atoms with Gasteiger partial charge in [0.1, 0.15) is 0 Å². The molecule has 0 unspecified atom stereocenters. The minimum absolute atomic E-state index is 0.0790. The average Bonchev–Trinajstić information content (AvgIpc) is 2.36. The van der Waals surface area contributed by atoms with Crippen molar-refractivity contribution in [2.24, 2.45) is 0 Å². The first kappa shape index (κ1) is 11.9. The molecule has 3 nitrogen and oxygen atoms in total. The Labute approximate surface area is 106 Å². The molecule has 0 bridgehead atoms. The highest BCUT2D eigenvalue weighted by molar-refractivity contribution is 6.07. The maximum atomic E-state index is 11.9. The largest absolute Gasteiger partial charge is 0.399 e. The number of ketones is 1. The van der Waals surface area contributed by atoms with Crippen molar-refractivity contribution in [1.82, 2.24) is 0 Å². The molecule has 0 heterocycles. The summed E-state index contributed by atoms with van der Waals surface area (Å²) >= 11 is 0. The lowest BCUT2D eigenvalue weighted by Crippen LogP contribution is -1.95. The third-order valence-electron chi connectivity index (χ3n) is 2.51. The van der Waals surface area contributed by atoms with Crippen LogP contribution in [0.15, 0.2) is 54.6 Å². The van der Waals surface area contributed by atoms with Crippen molar-refractivity contribution in [1.29, 1.82) is 0 Å². The van der Waals surface area contributed by atoms with Gasteiger partial charge < -0.3 is 11.5 Å². The smallest absolute Gasteiger partial charge is 0.185 e. The molecule has 0 aliphatic carbocycles. The maximum Gasteiger partial charge on any atom is 0.185 e. The van der Waals surface area contributed by atoms with Gasteiger partial charge in [-0.25, -0.2) is 0 Å². The van der Waals surface area contributed by atoms with Crippen molar-refractivity contribution in [2.75, 3.05) is 11.5 Å². The molecule has 0 saturated heterocycles. The van der Waals surface area contributed by atoms with Crippen molar-refractivity contribution < 1.29 is 4.79 Å². The van der Waals surface area contributed by atoms with Crippen LogP contribution in [0.5, 0.6) is 0 Å². The number of hydrogen-bond donors (Lipinski definition) is 2. The summed E-state index contributed by atoms with van der Waals surface area (Å²) in [4.78, 5) is 11.9. The van der Waals surface area contributed by atoms with Crippen LogP contribution in [0.25, 0.3) is 6.08 Å². The summed E-state index contributed by atoms with van der Waals surface area (Å²) in [6.45, 7) is 0. The topological polar surface area (TPSA) is 69.1 Å². The molecular weight excluding hydrogens is 224 g/mol. The number of nitrogens with two attached hydrogens (primary N) is 2. The second kappa shape index (κ2) is 5.19. The van der Waals surface area contributed by atoms with E-state index in [0.717, 1.165) is 5.56 Å². The molecule has 2 aromatic carbocycles. The molecule has 3 heteroatoms. The first-order valence-electron chi connectivity index (χ1n) is 5.58. The summed E-state index contributed by atoms with van der Waals surface area (Å²) in [5.74, 6) is -0.0790. The number of hydrogen-bond acceptors (Lipinski definition) is 3. The van der Waals surface area contributed by atoms with Gasteiger partial charge in [-0.2, -0.15) is 0 Å². The molecule has 0 radical (unpaired) electrons. The van der Waals surface area contributed by atoms with Gasteiger partial charge in [0.25, 0.3) is 0 Å². The predicted molar refractivity (Wildman–Crippen MR) is 75.1 cm³/mol. The zero-order valence-corrected chi connectivity index (χ0v) is 9.84. The van der Waals surface area contributed by atoms with Gasteiger partial charge in [-0.15, -0.1) is 0 Å². The van der Waals surface area contributed by atoms with Crippen molar-refractivity contribution in [3.8, 4) is 0 Å². The van der Waals surface area contributed by atoms with E-state index < -0.39 is 0 Å². The summed E-state index contributed by atoms with van der Waals surface area (Å²) in [7, 11) is 0. The summed E-state index contributed by atoms with van der Waals surface area (Å²) in [6.07, 6.45) is 3.26. The number of anilines is 2. The highest BCUT2D eigenvalue weighted by Gasteiger charge is 2.01. The molecule has 0 atom stereocenters. The highest BCUT2D eigenvalue weighted by atomic mass is 16.1. The van der Waals surface area contributed by atoms with Crippen molar-refractivity contribution in [3.63, 3.8) is 0 Å². The summed E-state index contributed by atoms with van der Waals surface area (Å²) in [6, 6.07) is 14.3. The molecule has 0 spiro atoms. The SMILES string of the molecule is Nc1cccc(C=CC(=O)c2cccc(N)c2)c1. The Morgan fingerprint density at radius 3 is 2.28 bits per heavy atom. The fourth-order valence-corrected chi connectivity index (χ4v) is 1.62. The van der Waals surface area contributed by atoms with Crippen LogP contribution in [-0.2, 0) is 0 Å². The van der Waals surface area contributed by atoms with Gasteiger partial charge in [0.15, 0.2) is 5.78 Å². The van der Waals surface area contributed by atoms with Gasteiger partial charge in [0.2, 0.25) is 0 Å². The van der Waals surface area contributed by atoms with Crippen LogP contribution in [-0.4, -0.2) is 5.78 Å². The molecular formula is C15H14N2O. The zero-order chi connectivity index (χ0) is 13.0. The normalized spacial score (nSPS) is 10.7. The highest BCUT2D eigenvalue weighted by Crippen LogP contribution is 2.11. The minimum Gasteiger partial charge on any atom is -0.399 e. The lowest BCUT2D eigenvalue weighted by molar-refractivity contribution is 0.104. The Morgan fingerprint density at radius 2 is 1.61 bits per heavy atom. The van der Waals surface area contributed by atoms with Crippen LogP contribution >= 0.6 is 0 Å². The van der Waals surface area contributed by atoms with Gasteiger partial charge in [0, 0.05) is 16.9 Å².